The molecule has 4 N–H and O–H groups in total. The van der Waals surface area contributed by atoms with E-state index in [1.165, 1.54) is 5.56 Å². The molecule has 182 valence electrons. The molecule has 0 heterocycles. The standard InChI is InChI=1S/C26H35BN2O5/c1-17(2)14-24(27(32)33)29-25(30)16-23(19-10-6-11-20(15-19)34-3)28-26(31)22-13-7-9-18-8-4-5-12-21(18)22/h6-7,9-11,13,15,17,23-24,32-33H,4-5,8,12,14,16H2,1-3H3,(H,28,31)(H,29,30)/t23?,24-/m0/s1. The molecule has 0 fully saturated rings. The summed E-state index contributed by atoms with van der Waals surface area (Å²) in [6.45, 7) is 3.89. The lowest BCUT2D eigenvalue weighted by Gasteiger charge is -2.24. The molecule has 8 heteroatoms. The molecule has 0 bridgehead atoms. The van der Waals surface area contributed by atoms with E-state index in [0.717, 1.165) is 36.8 Å². The van der Waals surface area contributed by atoms with Gasteiger partial charge < -0.3 is 25.4 Å². The van der Waals surface area contributed by atoms with Gasteiger partial charge in [0.1, 0.15) is 5.75 Å². The van der Waals surface area contributed by atoms with Gasteiger partial charge in [-0.25, -0.2) is 0 Å². The van der Waals surface area contributed by atoms with E-state index >= 15 is 0 Å². The predicted octanol–water partition coefficient (Wildman–Crippen LogP) is 2.98. The first-order valence-electron chi connectivity index (χ1n) is 12.0. The molecule has 1 aliphatic carbocycles. The van der Waals surface area contributed by atoms with E-state index in [2.05, 4.69) is 16.7 Å². The van der Waals surface area contributed by atoms with Crippen molar-refractivity contribution >= 4 is 18.9 Å². The predicted molar refractivity (Wildman–Crippen MR) is 132 cm³/mol. The maximum Gasteiger partial charge on any atom is 0.475 e. The maximum absolute atomic E-state index is 13.4. The minimum atomic E-state index is -1.66. The highest BCUT2D eigenvalue weighted by atomic mass is 16.5. The van der Waals surface area contributed by atoms with Crippen LogP contribution < -0.4 is 15.4 Å². The number of hydrogen-bond donors (Lipinski definition) is 4. The molecule has 1 aliphatic rings. The molecule has 2 aromatic carbocycles. The molecular weight excluding hydrogens is 431 g/mol. The molecule has 2 aromatic rings. The quantitative estimate of drug-likeness (QED) is 0.403. The Labute approximate surface area is 202 Å². The first-order valence-corrected chi connectivity index (χ1v) is 12.0. The highest BCUT2D eigenvalue weighted by molar-refractivity contribution is 6.43. The van der Waals surface area contributed by atoms with Crippen LogP contribution in [0.5, 0.6) is 5.75 Å². The summed E-state index contributed by atoms with van der Waals surface area (Å²) in [5.41, 5.74) is 3.68. The van der Waals surface area contributed by atoms with Crippen LogP contribution in [0.15, 0.2) is 42.5 Å². The fraction of sp³-hybridized carbons (Fsp3) is 0.462. The molecule has 0 saturated heterocycles. The van der Waals surface area contributed by atoms with E-state index in [1.54, 1.807) is 19.2 Å². The summed E-state index contributed by atoms with van der Waals surface area (Å²) in [7, 11) is -0.0958. The van der Waals surface area contributed by atoms with Crippen molar-refractivity contribution in [2.75, 3.05) is 7.11 Å². The van der Waals surface area contributed by atoms with Gasteiger partial charge in [-0.2, -0.15) is 0 Å². The van der Waals surface area contributed by atoms with Crippen LogP contribution in [-0.2, 0) is 17.6 Å². The number of ether oxygens (including phenoxy) is 1. The Bertz CT molecular complexity index is 995. The molecule has 2 amide bonds. The molecule has 0 aliphatic heterocycles. The Morgan fingerprint density at radius 1 is 1.06 bits per heavy atom. The van der Waals surface area contributed by atoms with Crippen molar-refractivity contribution < 1.29 is 24.4 Å². The van der Waals surface area contributed by atoms with Crippen LogP contribution in [0.25, 0.3) is 0 Å². The topological polar surface area (TPSA) is 108 Å². The minimum Gasteiger partial charge on any atom is -0.497 e. The minimum absolute atomic E-state index is 0.0464. The van der Waals surface area contributed by atoms with E-state index in [4.69, 9.17) is 4.74 Å². The van der Waals surface area contributed by atoms with Crippen molar-refractivity contribution in [2.45, 2.75) is 64.4 Å². The van der Waals surface area contributed by atoms with Gasteiger partial charge in [0.2, 0.25) is 5.91 Å². The maximum atomic E-state index is 13.4. The lowest BCUT2D eigenvalue weighted by molar-refractivity contribution is -0.122. The van der Waals surface area contributed by atoms with E-state index in [-0.39, 0.29) is 24.2 Å². The van der Waals surface area contributed by atoms with Crippen molar-refractivity contribution in [3.8, 4) is 5.75 Å². The van der Waals surface area contributed by atoms with Crippen LogP contribution in [-0.4, -0.2) is 42.0 Å². The molecule has 7 nitrogen and oxygen atoms in total. The Morgan fingerprint density at radius 3 is 2.50 bits per heavy atom. The van der Waals surface area contributed by atoms with Gasteiger partial charge in [0.25, 0.3) is 5.91 Å². The second-order valence-corrected chi connectivity index (χ2v) is 9.37. The summed E-state index contributed by atoms with van der Waals surface area (Å²) in [4.78, 5) is 26.3. The molecule has 0 spiro atoms. The fourth-order valence-electron chi connectivity index (χ4n) is 4.55. The van der Waals surface area contributed by atoms with Gasteiger partial charge in [0.15, 0.2) is 0 Å². The number of nitrogens with one attached hydrogen (secondary N) is 2. The average Bonchev–Trinajstić information content (AvgIpc) is 2.82. The third kappa shape index (κ3) is 6.84. The van der Waals surface area contributed by atoms with E-state index in [1.807, 2.05) is 38.1 Å². The number of carbonyl (C=O) groups is 2. The Hall–Kier alpha value is -2.84. The van der Waals surface area contributed by atoms with Crippen LogP contribution in [0, 0.1) is 5.92 Å². The number of methoxy groups -OCH3 is 1. The van der Waals surface area contributed by atoms with E-state index in [9.17, 15) is 19.6 Å². The van der Waals surface area contributed by atoms with Crippen molar-refractivity contribution in [3.05, 3.63) is 64.7 Å². The van der Waals surface area contributed by atoms with Crippen LogP contribution in [0.2, 0.25) is 0 Å². The largest absolute Gasteiger partial charge is 0.497 e. The zero-order chi connectivity index (χ0) is 24.7. The third-order valence-electron chi connectivity index (χ3n) is 6.26. The summed E-state index contributed by atoms with van der Waals surface area (Å²) < 4.78 is 5.33. The molecule has 3 rings (SSSR count). The summed E-state index contributed by atoms with van der Waals surface area (Å²) in [5.74, 6) is -0.583. The van der Waals surface area contributed by atoms with E-state index in [0.29, 0.717) is 17.7 Å². The number of amides is 2. The van der Waals surface area contributed by atoms with Gasteiger partial charge >= 0.3 is 7.12 Å². The summed E-state index contributed by atoms with van der Waals surface area (Å²) in [5, 5.41) is 25.1. The van der Waals surface area contributed by atoms with Crippen LogP contribution >= 0.6 is 0 Å². The lowest BCUT2D eigenvalue weighted by atomic mass is 9.75. The molecule has 34 heavy (non-hydrogen) atoms. The van der Waals surface area contributed by atoms with Gasteiger partial charge in [0, 0.05) is 5.56 Å². The smallest absolute Gasteiger partial charge is 0.475 e. The van der Waals surface area contributed by atoms with Crippen molar-refractivity contribution in [1.82, 2.24) is 10.6 Å². The molecule has 1 unspecified atom stereocenters. The molecular formula is C26H35BN2O5. The second kappa shape index (κ2) is 12.0. The van der Waals surface area contributed by atoms with Crippen molar-refractivity contribution in [3.63, 3.8) is 0 Å². The van der Waals surface area contributed by atoms with Gasteiger partial charge in [-0.1, -0.05) is 38.1 Å². The molecule has 0 radical (unpaired) electrons. The lowest BCUT2D eigenvalue weighted by Crippen LogP contribution is -2.48. The first-order chi connectivity index (χ1) is 16.3. The van der Waals surface area contributed by atoms with Gasteiger partial charge in [-0.05, 0) is 72.9 Å². The second-order valence-electron chi connectivity index (χ2n) is 9.37. The van der Waals surface area contributed by atoms with Crippen molar-refractivity contribution in [1.29, 1.82) is 0 Å². The zero-order valence-electron chi connectivity index (χ0n) is 20.2. The normalized spacial score (nSPS) is 14.6. The van der Waals surface area contributed by atoms with Crippen LogP contribution in [0.4, 0.5) is 0 Å². The Balaban J connectivity index is 1.83. The Morgan fingerprint density at radius 2 is 1.79 bits per heavy atom. The average molecular weight is 466 g/mol. The highest BCUT2D eigenvalue weighted by Crippen LogP contribution is 2.27. The molecule has 0 saturated carbocycles. The number of fused-ring (bicyclic) bond motifs is 1. The molecule has 2 atom stereocenters. The fourth-order valence-corrected chi connectivity index (χ4v) is 4.55. The van der Waals surface area contributed by atoms with Crippen LogP contribution in [0.3, 0.4) is 0 Å². The molecule has 0 aromatic heterocycles. The first kappa shape index (κ1) is 25.8. The number of carbonyl (C=O) groups excluding carboxylic acids is 2. The monoisotopic (exact) mass is 466 g/mol. The van der Waals surface area contributed by atoms with Gasteiger partial charge in [-0.15, -0.1) is 0 Å². The summed E-state index contributed by atoms with van der Waals surface area (Å²) in [6, 6.07) is 12.5. The van der Waals surface area contributed by atoms with Crippen molar-refractivity contribution in [2.24, 2.45) is 5.92 Å². The van der Waals surface area contributed by atoms with Gasteiger partial charge in [0.05, 0.1) is 25.5 Å². The third-order valence-corrected chi connectivity index (χ3v) is 6.26. The highest BCUT2D eigenvalue weighted by Gasteiger charge is 2.28. The number of hydrogen-bond acceptors (Lipinski definition) is 5. The number of rotatable bonds is 10. The summed E-state index contributed by atoms with van der Waals surface area (Å²) in [6.07, 6.45) is 4.40. The van der Waals surface area contributed by atoms with E-state index < -0.39 is 19.1 Å². The summed E-state index contributed by atoms with van der Waals surface area (Å²) >= 11 is 0. The number of aryl methyl sites for hydroxylation is 1. The zero-order valence-corrected chi connectivity index (χ0v) is 20.2. The van der Waals surface area contributed by atoms with Gasteiger partial charge in [-0.3, -0.25) is 9.59 Å². The number of benzene rings is 2. The SMILES string of the molecule is COc1cccc(C(CC(=O)N[C@@H](CC(C)C)B(O)O)NC(=O)c2cccc3c2CCCC3)c1. The van der Waals surface area contributed by atoms with Crippen LogP contribution in [0.1, 0.15) is 72.6 Å². The Kier molecular flexibility index (Phi) is 9.13.